The van der Waals surface area contributed by atoms with Crippen molar-refractivity contribution in [2.45, 2.75) is 25.3 Å². The van der Waals surface area contributed by atoms with Crippen LogP contribution in [0.2, 0.25) is 5.02 Å². The Labute approximate surface area is 204 Å². The normalized spacial score (nSPS) is 12.1. The Balaban J connectivity index is 1.70. The topological polar surface area (TPSA) is 43.3 Å². The van der Waals surface area contributed by atoms with Gasteiger partial charge in [-0.25, -0.2) is 4.39 Å². The summed E-state index contributed by atoms with van der Waals surface area (Å²) in [5.74, 6) is -0.434. The van der Waals surface area contributed by atoms with Gasteiger partial charge in [0.25, 0.3) is 0 Å². The minimum atomic E-state index is -0.251. The lowest BCUT2D eigenvalue weighted by Crippen LogP contribution is -2.27. The van der Waals surface area contributed by atoms with Crippen LogP contribution in [0, 0.1) is 5.82 Å². The number of fused-ring (bicyclic) bond motifs is 1. The Morgan fingerprint density at radius 1 is 1.09 bits per heavy atom. The number of benzene rings is 3. The number of nitrogens with zero attached hydrogens (tertiary/aromatic N) is 1. The van der Waals surface area contributed by atoms with Crippen molar-refractivity contribution in [3.8, 4) is 0 Å². The molecule has 0 aliphatic heterocycles. The molecule has 1 amide bonds. The first kappa shape index (κ1) is 24.0. The Bertz CT molecular complexity index is 1250. The quantitative estimate of drug-likeness (QED) is 0.277. The van der Waals surface area contributed by atoms with E-state index in [-0.39, 0.29) is 17.6 Å². The highest BCUT2D eigenvalue weighted by Crippen LogP contribution is 2.36. The molecule has 1 N–H and O–H groups in total. The van der Waals surface area contributed by atoms with Crippen LogP contribution in [0.1, 0.15) is 35.4 Å². The first-order valence-corrected chi connectivity index (χ1v) is 11.8. The molecule has 0 unspecified atom stereocenters. The lowest BCUT2D eigenvalue weighted by molar-refractivity contribution is -0.121. The van der Waals surface area contributed by atoms with Crippen molar-refractivity contribution in [2.24, 2.45) is 0 Å². The zero-order valence-electron chi connectivity index (χ0n) is 19.1. The monoisotopic (exact) mass is 478 g/mol. The molecule has 0 aliphatic carbocycles. The number of para-hydroxylation sites is 1. The van der Waals surface area contributed by atoms with E-state index in [2.05, 4.69) is 28.2 Å². The fraction of sp³-hybridized carbons (Fsp3) is 0.250. The van der Waals surface area contributed by atoms with Crippen molar-refractivity contribution >= 4 is 28.4 Å². The zero-order chi connectivity index (χ0) is 23.9. The predicted molar refractivity (Wildman–Crippen MR) is 135 cm³/mol. The van der Waals surface area contributed by atoms with Gasteiger partial charge in [-0.05, 0) is 53.4 Å². The van der Waals surface area contributed by atoms with Crippen molar-refractivity contribution in [3.05, 3.63) is 107 Å². The van der Waals surface area contributed by atoms with Crippen molar-refractivity contribution in [1.29, 1.82) is 0 Å². The van der Waals surface area contributed by atoms with Crippen LogP contribution in [0.3, 0.4) is 0 Å². The minimum Gasteiger partial charge on any atom is -0.385 e. The summed E-state index contributed by atoms with van der Waals surface area (Å²) in [5.41, 5.74) is 4.12. The standard InChI is InChI=1S/C28H28ClFN2O2/c1-34-15-5-14-31-28(33)17-25(21-6-4-7-22(29)16-21)26-19-32(27-9-3-2-8-24(26)27)18-20-10-12-23(30)13-11-20/h2-4,6-13,16,19,25H,5,14-15,17-18H2,1H3,(H,31,33)/t25-/m0/s1. The Morgan fingerprint density at radius 2 is 1.88 bits per heavy atom. The van der Waals surface area contributed by atoms with E-state index in [9.17, 15) is 9.18 Å². The zero-order valence-corrected chi connectivity index (χ0v) is 19.9. The number of rotatable bonds is 10. The van der Waals surface area contributed by atoms with E-state index in [0.717, 1.165) is 34.0 Å². The molecule has 0 bridgehead atoms. The van der Waals surface area contributed by atoms with Crippen LogP contribution in [-0.4, -0.2) is 30.7 Å². The minimum absolute atomic E-state index is 0.0172. The summed E-state index contributed by atoms with van der Waals surface area (Å²) in [6.07, 6.45) is 3.18. The fourth-order valence-corrected chi connectivity index (χ4v) is 4.50. The van der Waals surface area contributed by atoms with Crippen molar-refractivity contribution in [3.63, 3.8) is 0 Å². The number of carbonyl (C=O) groups is 1. The molecule has 0 radical (unpaired) electrons. The summed E-state index contributed by atoms with van der Waals surface area (Å²) in [6, 6.07) is 22.4. The number of ether oxygens (including phenoxy) is 1. The second kappa shape index (κ2) is 11.3. The predicted octanol–water partition coefficient (Wildman–Crippen LogP) is 6.16. The van der Waals surface area contributed by atoms with Crippen molar-refractivity contribution in [2.75, 3.05) is 20.3 Å². The number of carbonyl (C=O) groups excluding carboxylic acids is 1. The lowest BCUT2D eigenvalue weighted by atomic mass is 9.88. The number of nitrogens with one attached hydrogen (secondary N) is 1. The molecule has 4 rings (SSSR count). The highest BCUT2D eigenvalue weighted by atomic mass is 35.5. The molecule has 0 spiro atoms. The number of halogens is 2. The maximum Gasteiger partial charge on any atom is 0.220 e. The van der Waals surface area contributed by atoms with E-state index in [0.29, 0.717) is 31.1 Å². The van der Waals surface area contributed by atoms with E-state index < -0.39 is 0 Å². The molecular weight excluding hydrogens is 451 g/mol. The van der Waals surface area contributed by atoms with Gasteiger partial charge in [0.1, 0.15) is 5.82 Å². The molecule has 4 nitrogen and oxygen atoms in total. The second-order valence-corrected chi connectivity index (χ2v) is 8.80. The molecule has 0 fully saturated rings. The number of hydrogen-bond donors (Lipinski definition) is 1. The summed E-state index contributed by atoms with van der Waals surface area (Å²) >= 11 is 6.32. The average molecular weight is 479 g/mol. The van der Waals surface area contributed by atoms with Crippen LogP contribution in [-0.2, 0) is 16.1 Å². The summed E-state index contributed by atoms with van der Waals surface area (Å²) in [5, 5.41) is 4.73. The van der Waals surface area contributed by atoms with Crippen LogP contribution < -0.4 is 5.32 Å². The van der Waals surface area contributed by atoms with E-state index in [1.807, 2.05) is 36.4 Å². The van der Waals surface area contributed by atoms with Gasteiger partial charge in [0.05, 0.1) is 0 Å². The van der Waals surface area contributed by atoms with Gasteiger partial charge in [-0.2, -0.15) is 0 Å². The fourth-order valence-electron chi connectivity index (χ4n) is 4.30. The summed E-state index contributed by atoms with van der Waals surface area (Å²) in [7, 11) is 1.65. The smallest absolute Gasteiger partial charge is 0.220 e. The molecular formula is C28H28ClFN2O2. The maximum absolute atomic E-state index is 13.4. The Kier molecular flexibility index (Phi) is 7.99. The molecule has 1 atom stereocenters. The van der Waals surface area contributed by atoms with Crippen LogP contribution in [0.25, 0.3) is 10.9 Å². The highest BCUT2D eigenvalue weighted by molar-refractivity contribution is 6.30. The third-order valence-corrected chi connectivity index (χ3v) is 6.18. The third kappa shape index (κ3) is 5.85. The summed E-state index contributed by atoms with van der Waals surface area (Å²) < 4.78 is 20.6. The van der Waals surface area contributed by atoms with Crippen LogP contribution in [0.4, 0.5) is 4.39 Å². The lowest BCUT2D eigenvalue weighted by Gasteiger charge is -2.18. The SMILES string of the molecule is COCCCNC(=O)C[C@@H](c1cccc(Cl)c1)c1cn(Cc2ccc(F)cc2)c2ccccc12. The van der Waals surface area contributed by atoms with Crippen molar-refractivity contribution < 1.29 is 13.9 Å². The average Bonchev–Trinajstić information content (AvgIpc) is 3.20. The molecule has 176 valence electrons. The van der Waals surface area contributed by atoms with Crippen LogP contribution in [0.5, 0.6) is 0 Å². The molecule has 0 saturated heterocycles. The summed E-state index contributed by atoms with van der Waals surface area (Å²) in [4.78, 5) is 12.9. The van der Waals surface area contributed by atoms with E-state index in [1.165, 1.54) is 12.1 Å². The number of aromatic nitrogens is 1. The Hall–Kier alpha value is -3.15. The van der Waals surface area contributed by atoms with Gasteiger partial charge < -0.3 is 14.6 Å². The molecule has 4 aromatic rings. The molecule has 1 heterocycles. The molecule has 3 aromatic carbocycles. The van der Waals surface area contributed by atoms with E-state index in [1.54, 1.807) is 19.2 Å². The first-order valence-electron chi connectivity index (χ1n) is 11.4. The first-order chi connectivity index (χ1) is 16.5. The maximum atomic E-state index is 13.4. The van der Waals surface area contributed by atoms with Crippen LogP contribution >= 0.6 is 11.6 Å². The number of methoxy groups -OCH3 is 1. The van der Waals surface area contributed by atoms with Gasteiger partial charge in [-0.3, -0.25) is 4.79 Å². The summed E-state index contributed by atoms with van der Waals surface area (Å²) in [6.45, 7) is 1.78. The van der Waals surface area contributed by atoms with Gasteiger partial charge in [0.2, 0.25) is 5.91 Å². The highest BCUT2D eigenvalue weighted by Gasteiger charge is 2.23. The van der Waals surface area contributed by atoms with Gasteiger partial charge in [-0.1, -0.05) is 54.1 Å². The van der Waals surface area contributed by atoms with Gasteiger partial charge in [0, 0.05) is 61.3 Å². The van der Waals surface area contributed by atoms with E-state index in [4.69, 9.17) is 16.3 Å². The largest absolute Gasteiger partial charge is 0.385 e. The Morgan fingerprint density at radius 3 is 2.65 bits per heavy atom. The molecule has 1 aromatic heterocycles. The molecule has 0 aliphatic rings. The van der Waals surface area contributed by atoms with Crippen molar-refractivity contribution in [1.82, 2.24) is 9.88 Å². The number of hydrogen-bond acceptors (Lipinski definition) is 2. The number of amides is 1. The van der Waals surface area contributed by atoms with Gasteiger partial charge in [-0.15, -0.1) is 0 Å². The molecule has 0 saturated carbocycles. The second-order valence-electron chi connectivity index (χ2n) is 8.36. The van der Waals surface area contributed by atoms with Crippen LogP contribution in [0.15, 0.2) is 79.0 Å². The molecule has 6 heteroatoms. The third-order valence-electron chi connectivity index (χ3n) is 5.95. The molecule has 34 heavy (non-hydrogen) atoms. The van der Waals surface area contributed by atoms with Gasteiger partial charge in [0.15, 0.2) is 0 Å². The van der Waals surface area contributed by atoms with E-state index >= 15 is 0 Å². The van der Waals surface area contributed by atoms with Gasteiger partial charge >= 0.3 is 0 Å².